The third-order valence-corrected chi connectivity index (χ3v) is 5.69. The van der Waals surface area contributed by atoms with Gasteiger partial charge in [0.1, 0.15) is 12.3 Å². The number of carbonyl (C=O) groups is 1. The van der Waals surface area contributed by atoms with Gasteiger partial charge in [-0.1, -0.05) is 34.1 Å². The van der Waals surface area contributed by atoms with E-state index in [0.717, 1.165) is 39.2 Å². The summed E-state index contributed by atoms with van der Waals surface area (Å²) in [6.45, 7) is 2.74. The van der Waals surface area contributed by atoms with Crippen LogP contribution < -0.4 is 14.4 Å². The van der Waals surface area contributed by atoms with E-state index in [1.807, 2.05) is 31.2 Å². The first-order valence-electron chi connectivity index (χ1n) is 9.02. The number of anilines is 1. The number of halogens is 1. The van der Waals surface area contributed by atoms with Crippen molar-refractivity contribution in [1.29, 1.82) is 0 Å². The molecule has 0 radical (unpaired) electrons. The molecule has 0 spiro atoms. The first-order valence-corrected chi connectivity index (χ1v) is 11.7. The summed E-state index contributed by atoms with van der Waals surface area (Å²) in [5.41, 5.74) is 1.54. The van der Waals surface area contributed by atoms with Crippen molar-refractivity contribution >= 4 is 37.5 Å². The minimum Gasteiger partial charge on any atom is -0.494 e. The van der Waals surface area contributed by atoms with Crippen LogP contribution in [0.25, 0.3) is 0 Å². The average Bonchev–Trinajstić information content (AvgIpc) is 2.65. The van der Waals surface area contributed by atoms with E-state index in [-0.39, 0.29) is 12.5 Å². The van der Waals surface area contributed by atoms with Gasteiger partial charge < -0.3 is 10.1 Å². The highest BCUT2D eigenvalue weighted by molar-refractivity contribution is 9.10. The molecule has 0 bridgehead atoms. The molecule has 0 fully saturated rings. The van der Waals surface area contributed by atoms with Crippen LogP contribution >= 0.6 is 15.9 Å². The van der Waals surface area contributed by atoms with Crippen LogP contribution in [0.5, 0.6) is 5.75 Å². The Kier molecular flexibility index (Phi) is 8.32. The number of nitrogens with zero attached hydrogens (tertiary/aromatic N) is 1. The summed E-state index contributed by atoms with van der Waals surface area (Å²) >= 11 is 3.32. The van der Waals surface area contributed by atoms with E-state index in [9.17, 15) is 13.2 Å². The second-order valence-corrected chi connectivity index (χ2v) is 9.06. The van der Waals surface area contributed by atoms with Gasteiger partial charge in [-0.2, -0.15) is 0 Å². The quantitative estimate of drug-likeness (QED) is 0.542. The van der Waals surface area contributed by atoms with Crippen molar-refractivity contribution < 1.29 is 17.9 Å². The highest BCUT2D eigenvalue weighted by Crippen LogP contribution is 2.21. The fourth-order valence-electron chi connectivity index (χ4n) is 2.71. The largest absolute Gasteiger partial charge is 0.494 e. The number of benzene rings is 2. The molecule has 2 aromatic rings. The summed E-state index contributed by atoms with van der Waals surface area (Å²) in [4.78, 5) is 12.3. The Balaban J connectivity index is 1.89. The molecular formula is C20H25BrN2O4S. The zero-order chi connectivity index (χ0) is 20.6. The van der Waals surface area contributed by atoms with Crippen molar-refractivity contribution in [2.75, 3.05) is 30.3 Å². The Morgan fingerprint density at radius 1 is 1.14 bits per heavy atom. The van der Waals surface area contributed by atoms with Gasteiger partial charge in [-0.05, 0) is 55.7 Å². The highest BCUT2D eigenvalue weighted by Gasteiger charge is 2.20. The van der Waals surface area contributed by atoms with Crippen LogP contribution in [-0.4, -0.2) is 40.3 Å². The van der Waals surface area contributed by atoms with Gasteiger partial charge in [0.25, 0.3) is 0 Å². The average molecular weight is 469 g/mol. The van der Waals surface area contributed by atoms with E-state index in [2.05, 4.69) is 21.2 Å². The molecule has 0 saturated carbocycles. The molecule has 2 aromatic carbocycles. The van der Waals surface area contributed by atoms with Crippen molar-refractivity contribution in [1.82, 2.24) is 5.32 Å². The minimum absolute atomic E-state index is 0.254. The van der Waals surface area contributed by atoms with Gasteiger partial charge in [0.2, 0.25) is 15.9 Å². The molecule has 0 aliphatic heterocycles. The molecule has 8 heteroatoms. The van der Waals surface area contributed by atoms with Crippen LogP contribution in [-0.2, 0) is 21.2 Å². The lowest BCUT2D eigenvalue weighted by Crippen LogP contribution is -2.40. The van der Waals surface area contributed by atoms with E-state index >= 15 is 0 Å². The topological polar surface area (TPSA) is 75.7 Å². The summed E-state index contributed by atoms with van der Waals surface area (Å²) in [5.74, 6) is 0.515. The number of hydrogen-bond donors (Lipinski definition) is 1. The van der Waals surface area contributed by atoms with Gasteiger partial charge in [0, 0.05) is 11.0 Å². The number of aryl methyl sites for hydroxylation is 1. The van der Waals surface area contributed by atoms with E-state index in [4.69, 9.17) is 4.74 Å². The Bertz CT molecular complexity index is 885. The molecule has 152 valence electrons. The van der Waals surface area contributed by atoms with Crippen molar-refractivity contribution in [3.63, 3.8) is 0 Å². The zero-order valence-corrected chi connectivity index (χ0v) is 18.4. The number of sulfonamides is 1. The Labute approximate surface area is 175 Å². The first kappa shape index (κ1) is 22.2. The maximum absolute atomic E-state index is 12.3. The monoisotopic (exact) mass is 468 g/mol. The summed E-state index contributed by atoms with van der Waals surface area (Å²) in [5, 5.41) is 2.79. The van der Waals surface area contributed by atoms with Gasteiger partial charge in [-0.3, -0.25) is 9.10 Å². The van der Waals surface area contributed by atoms with Gasteiger partial charge in [-0.15, -0.1) is 0 Å². The van der Waals surface area contributed by atoms with Crippen LogP contribution in [0.2, 0.25) is 0 Å². The molecule has 1 amide bonds. The number of hydrogen-bond acceptors (Lipinski definition) is 4. The van der Waals surface area contributed by atoms with E-state index < -0.39 is 10.0 Å². The number of rotatable bonds is 10. The smallest absolute Gasteiger partial charge is 0.240 e. The predicted molar refractivity (Wildman–Crippen MR) is 115 cm³/mol. The molecule has 0 saturated heterocycles. The van der Waals surface area contributed by atoms with Gasteiger partial charge >= 0.3 is 0 Å². The molecule has 0 aliphatic rings. The van der Waals surface area contributed by atoms with Crippen LogP contribution in [0, 0.1) is 0 Å². The number of carbonyl (C=O) groups excluding carboxylic acids is 1. The van der Waals surface area contributed by atoms with E-state index in [0.29, 0.717) is 18.8 Å². The lowest BCUT2D eigenvalue weighted by atomic mass is 10.1. The van der Waals surface area contributed by atoms with Crippen molar-refractivity contribution in [3.05, 3.63) is 58.6 Å². The van der Waals surface area contributed by atoms with Crippen LogP contribution in [0.3, 0.4) is 0 Å². The van der Waals surface area contributed by atoms with E-state index in [1.165, 1.54) is 0 Å². The maximum atomic E-state index is 12.3. The molecule has 2 rings (SSSR count). The van der Waals surface area contributed by atoms with Crippen molar-refractivity contribution in [2.24, 2.45) is 0 Å². The third-order valence-electron chi connectivity index (χ3n) is 4.02. The van der Waals surface area contributed by atoms with Crippen molar-refractivity contribution in [3.8, 4) is 5.75 Å². The molecule has 0 aliphatic carbocycles. The summed E-state index contributed by atoms with van der Waals surface area (Å²) in [6.07, 6.45) is 2.58. The predicted octanol–water partition coefficient (Wildman–Crippen LogP) is 3.36. The number of nitrogens with one attached hydrogen (secondary N) is 1. The third kappa shape index (κ3) is 6.83. The Morgan fingerprint density at radius 2 is 1.82 bits per heavy atom. The van der Waals surface area contributed by atoms with Crippen LogP contribution in [0.4, 0.5) is 5.69 Å². The van der Waals surface area contributed by atoms with Gasteiger partial charge in [0.15, 0.2) is 0 Å². The van der Waals surface area contributed by atoms with Gasteiger partial charge in [-0.25, -0.2) is 8.42 Å². The second-order valence-electron chi connectivity index (χ2n) is 6.24. The minimum atomic E-state index is -3.57. The second kappa shape index (κ2) is 10.5. The molecular weight excluding hydrogens is 444 g/mol. The maximum Gasteiger partial charge on any atom is 0.240 e. The number of amides is 1. The molecule has 1 N–H and O–H groups in total. The molecule has 0 heterocycles. The fraction of sp³-hybridized carbons (Fsp3) is 0.350. The lowest BCUT2D eigenvalue weighted by Gasteiger charge is -2.22. The molecule has 0 unspecified atom stereocenters. The van der Waals surface area contributed by atoms with Crippen LogP contribution in [0.1, 0.15) is 18.9 Å². The normalized spacial score (nSPS) is 11.1. The number of ether oxygens (including phenoxy) is 1. The molecule has 6 nitrogen and oxygen atoms in total. The van der Waals surface area contributed by atoms with E-state index in [1.54, 1.807) is 24.3 Å². The number of para-hydroxylation sites is 1. The summed E-state index contributed by atoms with van der Waals surface area (Å²) < 4.78 is 31.7. The molecule has 28 heavy (non-hydrogen) atoms. The lowest BCUT2D eigenvalue weighted by molar-refractivity contribution is -0.119. The highest BCUT2D eigenvalue weighted by atomic mass is 79.9. The van der Waals surface area contributed by atoms with Gasteiger partial charge in [0.05, 0.1) is 18.6 Å². The summed E-state index contributed by atoms with van der Waals surface area (Å²) in [6, 6.07) is 14.6. The standard InChI is InChI=1S/C20H25BrN2O4S/c1-3-27-19-9-5-4-7-16(19)8-6-14-22-20(24)15-23(28(2,25)26)18-12-10-17(21)11-13-18/h4-5,7,9-13H,3,6,8,14-15H2,1-2H3,(H,22,24). The Morgan fingerprint density at radius 3 is 2.46 bits per heavy atom. The summed E-state index contributed by atoms with van der Waals surface area (Å²) in [7, 11) is -3.57. The first-order chi connectivity index (χ1) is 13.3. The van der Waals surface area contributed by atoms with Crippen LogP contribution in [0.15, 0.2) is 53.0 Å². The fourth-order valence-corrected chi connectivity index (χ4v) is 3.83. The zero-order valence-electron chi connectivity index (χ0n) is 16.0. The van der Waals surface area contributed by atoms with Crippen molar-refractivity contribution in [2.45, 2.75) is 19.8 Å². The SMILES string of the molecule is CCOc1ccccc1CCCNC(=O)CN(c1ccc(Br)cc1)S(C)(=O)=O. The molecule has 0 atom stereocenters. The Hall–Kier alpha value is -2.06. The molecule has 0 aromatic heterocycles.